The summed E-state index contributed by atoms with van der Waals surface area (Å²) < 4.78 is 7.01. The number of rotatable bonds is 5. The van der Waals surface area contributed by atoms with Gasteiger partial charge in [-0.25, -0.2) is 9.78 Å². The van der Waals surface area contributed by atoms with Crippen LogP contribution in [0, 0.1) is 13.8 Å². The molecule has 0 bridgehead atoms. The Hall–Kier alpha value is -4.17. The minimum atomic E-state index is -0.490. The molecule has 5 aromatic rings. The SMILES string of the molecule is CC(=O)Nc1ccc2c(CSc3nc4ccccc4c(=O)n3-c3ccc(C)c(C)c3)cc(=O)oc2c1. The van der Waals surface area contributed by atoms with Gasteiger partial charge in [-0.05, 0) is 66.9 Å². The molecule has 2 heterocycles. The zero-order valence-electron chi connectivity index (χ0n) is 20.0. The van der Waals surface area contributed by atoms with Crippen LogP contribution in [0.15, 0.2) is 85.9 Å². The van der Waals surface area contributed by atoms with Crippen LogP contribution in [-0.2, 0) is 10.5 Å². The van der Waals surface area contributed by atoms with Gasteiger partial charge in [0.05, 0.1) is 16.6 Å². The van der Waals surface area contributed by atoms with Crippen molar-refractivity contribution < 1.29 is 9.21 Å². The molecule has 0 aliphatic rings. The molecule has 5 rings (SSSR count). The molecule has 1 amide bonds. The fourth-order valence-electron chi connectivity index (χ4n) is 4.07. The largest absolute Gasteiger partial charge is 0.423 e. The molecule has 0 aliphatic carbocycles. The second kappa shape index (κ2) is 9.47. The Balaban J connectivity index is 1.60. The summed E-state index contributed by atoms with van der Waals surface area (Å²) in [5.41, 5.74) is 4.59. The zero-order chi connectivity index (χ0) is 25.4. The summed E-state index contributed by atoms with van der Waals surface area (Å²) in [6.45, 7) is 5.45. The van der Waals surface area contributed by atoms with Gasteiger partial charge in [-0.2, -0.15) is 0 Å². The molecule has 180 valence electrons. The number of para-hydroxylation sites is 1. The lowest BCUT2D eigenvalue weighted by Crippen LogP contribution is -2.22. The average Bonchev–Trinajstić information content (AvgIpc) is 2.84. The van der Waals surface area contributed by atoms with E-state index >= 15 is 0 Å². The number of hydrogen-bond acceptors (Lipinski definition) is 6. The molecule has 0 aliphatic heterocycles. The summed E-state index contributed by atoms with van der Waals surface area (Å²) in [7, 11) is 0. The predicted molar refractivity (Wildman–Crippen MR) is 143 cm³/mol. The quantitative estimate of drug-likeness (QED) is 0.200. The van der Waals surface area contributed by atoms with E-state index < -0.39 is 5.63 Å². The molecule has 7 nitrogen and oxygen atoms in total. The second-order valence-corrected chi connectivity index (χ2v) is 9.53. The van der Waals surface area contributed by atoms with Crippen LogP contribution in [0.3, 0.4) is 0 Å². The standard InChI is InChI=1S/C28H23N3O4S/c1-16-8-10-21(12-17(16)2)31-27(34)23-6-4-5-7-24(23)30-28(31)36-15-19-13-26(33)35-25-14-20(29-18(3)32)9-11-22(19)25/h4-14H,15H2,1-3H3,(H,29,32). The highest BCUT2D eigenvalue weighted by molar-refractivity contribution is 7.98. The van der Waals surface area contributed by atoms with Crippen LogP contribution in [0.25, 0.3) is 27.6 Å². The summed E-state index contributed by atoms with van der Waals surface area (Å²) in [6, 6.07) is 19.8. The first-order valence-electron chi connectivity index (χ1n) is 11.4. The van der Waals surface area contributed by atoms with E-state index in [9.17, 15) is 14.4 Å². The monoisotopic (exact) mass is 497 g/mol. The van der Waals surface area contributed by atoms with E-state index in [2.05, 4.69) is 5.32 Å². The maximum absolute atomic E-state index is 13.6. The Morgan fingerprint density at radius 1 is 0.972 bits per heavy atom. The number of benzene rings is 3. The summed E-state index contributed by atoms with van der Waals surface area (Å²) >= 11 is 1.37. The molecule has 0 fully saturated rings. The molecular formula is C28H23N3O4S. The van der Waals surface area contributed by atoms with Gasteiger partial charge in [-0.1, -0.05) is 30.0 Å². The number of carbonyl (C=O) groups is 1. The van der Waals surface area contributed by atoms with E-state index in [1.54, 1.807) is 22.8 Å². The number of nitrogens with one attached hydrogen (secondary N) is 1. The lowest BCUT2D eigenvalue weighted by atomic mass is 10.1. The van der Waals surface area contributed by atoms with Crippen LogP contribution >= 0.6 is 11.8 Å². The molecule has 8 heteroatoms. The van der Waals surface area contributed by atoms with Crippen molar-refractivity contribution in [3.63, 3.8) is 0 Å². The number of aryl methyl sites for hydroxylation is 2. The van der Waals surface area contributed by atoms with Crippen molar-refractivity contribution in [1.82, 2.24) is 9.55 Å². The molecule has 0 unspecified atom stereocenters. The first-order valence-corrected chi connectivity index (χ1v) is 12.4. The van der Waals surface area contributed by atoms with Gasteiger partial charge >= 0.3 is 5.63 Å². The molecular weight excluding hydrogens is 474 g/mol. The van der Waals surface area contributed by atoms with E-state index in [0.717, 1.165) is 27.8 Å². The van der Waals surface area contributed by atoms with Crippen molar-refractivity contribution in [2.75, 3.05) is 5.32 Å². The van der Waals surface area contributed by atoms with Crippen LogP contribution < -0.4 is 16.5 Å². The minimum Gasteiger partial charge on any atom is -0.423 e. The van der Waals surface area contributed by atoms with Gasteiger partial charge in [0.1, 0.15) is 5.58 Å². The number of carbonyl (C=O) groups excluding carboxylic acids is 1. The van der Waals surface area contributed by atoms with Gasteiger partial charge in [0.25, 0.3) is 5.56 Å². The van der Waals surface area contributed by atoms with Crippen LogP contribution in [-0.4, -0.2) is 15.5 Å². The molecule has 36 heavy (non-hydrogen) atoms. The zero-order valence-corrected chi connectivity index (χ0v) is 20.8. The highest BCUT2D eigenvalue weighted by Gasteiger charge is 2.15. The number of fused-ring (bicyclic) bond motifs is 2. The Bertz CT molecular complexity index is 1770. The molecule has 0 saturated heterocycles. The predicted octanol–water partition coefficient (Wildman–Crippen LogP) is 5.36. The number of anilines is 1. The molecule has 0 radical (unpaired) electrons. The van der Waals surface area contributed by atoms with Crippen molar-refractivity contribution >= 4 is 45.2 Å². The van der Waals surface area contributed by atoms with Crippen LogP contribution in [0.5, 0.6) is 0 Å². The maximum atomic E-state index is 13.6. The summed E-state index contributed by atoms with van der Waals surface area (Å²) in [5, 5.41) is 4.51. The molecule has 0 atom stereocenters. The first kappa shape index (κ1) is 23.6. The normalized spacial score (nSPS) is 11.2. The Morgan fingerprint density at radius 2 is 1.78 bits per heavy atom. The summed E-state index contributed by atoms with van der Waals surface area (Å²) in [5.74, 6) is 0.173. The van der Waals surface area contributed by atoms with E-state index in [1.165, 1.54) is 24.8 Å². The van der Waals surface area contributed by atoms with E-state index in [1.807, 2.05) is 56.3 Å². The molecule has 0 saturated carbocycles. The second-order valence-electron chi connectivity index (χ2n) is 8.59. The fourth-order valence-corrected chi connectivity index (χ4v) is 5.08. The van der Waals surface area contributed by atoms with E-state index in [0.29, 0.717) is 33.1 Å². The summed E-state index contributed by atoms with van der Waals surface area (Å²) in [6.07, 6.45) is 0. The lowest BCUT2D eigenvalue weighted by Gasteiger charge is -2.15. The maximum Gasteiger partial charge on any atom is 0.336 e. The van der Waals surface area contributed by atoms with Crippen LogP contribution in [0.4, 0.5) is 5.69 Å². The Kier molecular flexibility index (Phi) is 6.20. The van der Waals surface area contributed by atoms with Crippen molar-refractivity contribution in [3.8, 4) is 5.69 Å². The van der Waals surface area contributed by atoms with Crippen molar-refractivity contribution in [2.45, 2.75) is 31.7 Å². The van der Waals surface area contributed by atoms with Gasteiger partial charge in [0.15, 0.2) is 5.16 Å². The summed E-state index contributed by atoms with van der Waals surface area (Å²) in [4.78, 5) is 42.1. The average molecular weight is 498 g/mol. The Morgan fingerprint density at radius 3 is 2.56 bits per heavy atom. The highest BCUT2D eigenvalue weighted by atomic mass is 32.2. The topological polar surface area (TPSA) is 94.2 Å². The minimum absolute atomic E-state index is 0.149. The number of thioether (sulfide) groups is 1. The van der Waals surface area contributed by atoms with Crippen LogP contribution in [0.1, 0.15) is 23.6 Å². The van der Waals surface area contributed by atoms with Gasteiger partial charge in [-0.15, -0.1) is 0 Å². The van der Waals surface area contributed by atoms with Gasteiger partial charge < -0.3 is 9.73 Å². The van der Waals surface area contributed by atoms with Gasteiger partial charge in [0.2, 0.25) is 5.91 Å². The molecule has 1 N–H and O–H groups in total. The van der Waals surface area contributed by atoms with E-state index in [4.69, 9.17) is 9.40 Å². The molecule has 0 spiro atoms. The van der Waals surface area contributed by atoms with Crippen molar-refractivity contribution in [3.05, 3.63) is 104 Å². The lowest BCUT2D eigenvalue weighted by molar-refractivity contribution is -0.114. The molecule has 3 aromatic carbocycles. The number of amides is 1. The van der Waals surface area contributed by atoms with Gasteiger partial charge in [-0.3, -0.25) is 14.2 Å². The number of aromatic nitrogens is 2. The van der Waals surface area contributed by atoms with Crippen molar-refractivity contribution in [2.24, 2.45) is 0 Å². The van der Waals surface area contributed by atoms with Crippen LogP contribution in [0.2, 0.25) is 0 Å². The highest BCUT2D eigenvalue weighted by Crippen LogP contribution is 2.29. The third kappa shape index (κ3) is 4.55. The fraction of sp³-hybridized carbons (Fsp3) is 0.143. The number of nitrogens with zero attached hydrogens (tertiary/aromatic N) is 2. The van der Waals surface area contributed by atoms with Gasteiger partial charge in [0, 0.05) is 35.9 Å². The Labute approximate surface area is 210 Å². The first-order chi connectivity index (χ1) is 17.3. The smallest absolute Gasteiger partial charge is 0.336 e. The van der Waals surface area contributed by atoms with Crippen molar-refractivity contribution in [1.29, 1.82) is 0 Å². The molecule has 2 aromatic heterocycles. The van der Waals surface area contributed by atoms with E-state index in [-0.39, 0.29) is 11.5 Å². The third-order valence-electron chi connectivity index (χ3n) is 6.00. The number of hydrogen-bond donors (Lipinski definition) is 1. The third-order valence-corrected chi connectivity index (χ3v) is 6.99.